The Morgan fingerprint density at radius 1 is 1.03 bits per heavy atom. The van der Waals surface area contributed by atoms with E-state index >= 15 is 0 Å². The second-order valence-corrected chi connectivity index (χ2v) is 10.5. The van der Waals surface area contributed by atoms with E-state index in [0.717, 1.165) is 65.8 Å². The summed E-state index contributed by atoms with van der Waals surface area (Å²) in [6.45, 7) is 2.85. The summed E-state index contributed by atoms with van der Waals surface area (Å²) in [6, 6.07) is 17.0. The van der Waals surface area contributed by atoms with Gasteiger partial charge in [-0.3, -0.25) is 9.69 Å². The molecule has 1 spiro atoms. The molecule has 1 aliphatic heterocycles. The Bertz CT molecular complexity index is 1330. The predicted molar refractivity (Wildman–Crippen MR) is 147 cm³/mol. The van der Waals surface area contributed by atoms with Crippen LogP contribution in [0.1, 0.15) is 46.3 Å². The molecule has 5 rings (SSSR count). The van der Waals surface area contributed by atoms with E-state index in [1.54, 1.807) is 6.07 Å². The number of benzene rings is 2. The lowest BCUT2D eigenvalue weighted by Crippen LogP contribution is -2.41. The van der Waals surface area contributed by atoms with Crippen molar-refractivity contribution in [2.75, 3.05) is 19.6 Å². The van der Waals surface area contributed by atoms with Crippen molar-refractivity contribution < 1.29 is 4.79 Å². The number of nitrogens with zero attached hydrogens (tertiary/aromatic N) is 3. The summed E-state index contributed by atoms with van der Waals surface area (Å²) in [7, 11) is 0. The first kappa shape index (κ1) is 25.0. The Hall–Kier alpha value is -2.70. The number of hydrogen-bond acceptors (Lipinski definition) is 4. The summed E-state index contributed by atoms with van der Waals surface area (Å²) < 4.78 is 0. The molecule has 0 bridgehead atoms. The molecule has 2 aliphatic rings. The highest BCUT2D eigenvalue weighted by molar-refractivity contribution is 6.31. The maximum absolute atomic E-state index is 12.6. The Balaban J connectivity index is 1.27. The summed E-state index contributed by atoms with van der Waals surface area (Å²) in [5, 5.41) is 6.27. The molecule has 1 aromatic heterocycles. The molecule has 0 saturated carbocycles. The van der Waals surface area contributed by atoms with E-state index in [2.05, 4.69) is 38.6 Å². The monoisotopic (exact) mass is 538 g/mol. The zero-order chi connectivity index (χ0) is 25.1. The van der Waals surface area contributed by atoms with Crippen molar-refractivity contribution in [3.8, 4) is 0 Å². The van der Waals surface area contributed by atoms with Gasteiger partial charge in [-0.05, 0) is 73.5 Å². The number of carbonyl (C=O) groups excluding carboxylic acids is 1. The van der Waals surface area contributed by atoms with Gasteiger partial charge in [-0.1, -0.05) is 65.2 Å². The van der Waals surface area contributed by atoms with E-state index in [0.29, 0.717) is 5.56 Å². The topological polar surface area (TPSA) is 57.6 Å². The zero-order valence-electron chi connectivity index (χ0n) is 19.6. The fourth-order valence-corrected chi connectivity index (χ4v) is 5.54. The first-order valence-electron chi connectivity index (χ1n) is 11.9. The van der Waals surface area contributed by atoms with Crippen LogP contribution in [0, 0.1) is 0 Å². The normalized spacial score (nSPS) is 18.1. The van der Waals surface area contributed by atoms with Crippen LogP contribution in [0.25, 0.3) is 6.08 Å². The van der Waals surface area contributed by atoms with Crippen LogP contribution < -0.4 is 5.43 Å². The van der Waals surface area contributed by atoms with E-state index in [1.165, 1.54) is 17.8 Å². The quantitative estimate of drug-likeness (QED) is 0.293. The number of hydrazone groups is 1. The molecule has 0 atom stereocenters. The molecule has 1 saturated heterocycles. The largest absolute Gasteiger partial charge is 0.300 e. The lowest BCUT2D eigenvalue weighted by Gasteiger charge is -2.39. The van der Waals surface area contributed by atoms with Crippen LogP contribution in [-0.4, -0.2) is 41.1 Å². The van der Waals surface area contributed by atoms with Gasteiger partial charge in [0.05, 0.1) is 5.71 Å². The van der Waals surface area contributed by atoms with Gasteiger partial charge in [-0.25, -0.2) is 10.4 Å². The third kappa shape index (κ3) is 5.50. The van der Waals surface area contributed by atoms with Crippen molar-refractivity contribution in [2.24, 2.45) is 5.10 Å². The molecule has 8 heteroatoms. The second-order valence-electron chi connectivity index (χ2n) is 9.27. The molecule has 3 aromatic rings. The summed E-state index contributed by atoms with van der Waals surface area (Å²) in [6.07, 6.45) is 8.62. The highest BCUT2D eigenvalue weighted by Crippen LogP contribution is 2.47. The maximum atomic E-state index is 12.6. The molecule has 1 amide bonds. The van der Waals surface area contributed by atoms with E-state index in [1.807, 2.05) is 36.4 Å². The lowest BCUT2D eigenvalue weighted by molar-refractivity contribution is 0.0954. The molecular formula is C28H25Cl3N4O. The van der Waals surface area contributed by atoms with Gasteiger partial charge in [0.25, 0.3) is 5.91 Å². The van der Waals surface area contributed by atoms with Gasteiger partial charge >= 0.3 is 0 Å². The first-order chi connectivity index (χ1) is 17.4. The van der Waals surface area contributed by atoms with Gasteiger partial charge in [0, 0.05) is 45.7 Å². The van der Waals surface area contributed by atoms with Crippen LogP contribution in [0.5, 0.6) is 0 Å². The Kier molecular flexibility index (Phi) is 7.44. The first-order valence-corrected chi connectivity index (χ1v) is 13.0. The van der Waals surface area contributed by atoms with Crippen molar-refractivity contribution in [2.45, 2.75) is 24.7 Å². The molecule has 0 unspecified atom stereocenters. The summed E-state index contributed by atoms with van der Waals surface area (Å²) in [5.41, 5.74) is 7.41. The molecule has 1 aliphatic carbocycles. The number of piperidine rings is 1. The average Bonchev–Trinajstić information content (AvgIpc) is 3.17. The average molecular weight is 540 g/mol. The van der Waals surface area contributed by atoms with Crippen molar-refractivity contribution in [3.05, 3.63) is 104 Å². The smallest absolute Gasteiger partial charge is 0.271 e. The van der Waals surface area contributed by atoms with Crippen molar-refractivity contribution >= 4 is 52.5 Å². The number of fused-ring (bicyclic) bond motifs is 2. The van der Waals surface area contributed by atoms with E-state index in [-0.39, 0.29) is 16.5 Å². The van der Waals surface area contributed by atoms with Crippen LogP contribution in [0.3, 0.4) is 0 Å². The van der Waals surface area contributed by atoms with Gasteiger partial charge < -0.3 is 0 Å². The number of carbonyl (C=O) groups is 1. The van der Waals surface area contributed by atoms with Crippen molar-refractivity contribution in [1.82, 2.24) is 15.3 Å². The van der Waals surface area contributed by atoms with Crippen LogP contribution in [-0.2, 0) is 5.41 Å². The lowest BCUT2D eigenvalue weighted by atomic mass is 9.74. The molecule has 1 fully saturated rings. The van der Waals surface area contributed by atoms with Crippen molar-refractivity contribution in [3.63, 3.8) is 0 Å². The van der Waals surface area contributed by atoms with Gasteiger partial charge in [0.2, 0.25) is 0 Å². The molecular weight excluding hydrogens is 515 g/mol. The number of nitrogens with one attached hydrogen (secondary N) is 1. The summed E-state index contributed by atoms with van der Waals surface area (Å²) >= 11 is 18.3. The van der Waals surface area contributed by atoms with E-state index < -0.39 is 0 Å². The van der Waals surface area contributed by atoms with E-state index in [4.69, 9.17) is 34.8 Å². The van der Waals surface area contributed by atoms with Crippen LogP contribution in [0.15, 0.2) is 72.0 Å². The minimum absolute atomic E-state index is 0.0276. The number of rotatable bonds is 5. The number of pyridine rings is 1. The molecule has 5 nitrogen and oxygen atoms in total. The third-order valence-electron chi connectivity index (χ3n) is 7.01. The highest BCUT2D eigenvalue weighted by Gasteiger charge is 2.44. The van der Waals surface area contributed by atoms with E-state index in [9.17, 15) is 4.79 Å². The van der Waals surface area contributed by atoms with Gasteiger partial charge in [0.15, 0.2) is 0 Å². The molecule has 1 N–H and O–H groups in total. The number of amides is 1. The fraction of sp³-hybridized carbons (Fsp3) is 0.250. The second kappa shape index (κ2) is 10.7. The predicted octanol–water partition coefficient (Wildman–Crippen LogP) is 6.63. The summed E-state index contributed by atoms with van der Waals surface area (Å²) in [4.78, 5) is 19.0. The number of likely N-dealkylation sites (tertiary alicyclic amines) is 1. The fourth-order valence-electron chi connectivity index (χ4n) is 5.07. The Morgan fingerprint density at radius 3 is 2.53 bits per heavy atom. The third-order valence-corrected chi connectivity index (χ3v) is 7.70. The van der Waals surface area contributed by atoms with Crippen LogP contribution >= 0.6 is 34.8 Å². The number of aromatic nitrogens is 1. The van der Waals surface area contributed by atoms with Gasteiger partial charge in [0.1, 0.15) is 5.15 Å². The molecule has 2 aromatic carbocycles. The molecule has 0 radical (unpaired) electrons. The zero-order valence-corrected chi connectivity index (χ0v) is 21.8. The van der Waals surface area contributed by atoms with Crippen LogP contribution in [0.4, 0.5) is 0 Å². The SMILES string of the molecule is O=C(N/N=C1\CC2(CCN(C/C=C/c3ccc(Cl)cc3)CC2)c2cc(Cl)ccc21)c1ccnc(Cl)c1. The Morgan fingerprint density at radius 2 is 1.78 bits per heavy atom. The number of halogens is 3. The maximum Gasteiger partial charge on any atom is 0.271 e. The van der Waals surface area contributed by atoms with Gasteiger partial charge in [-0.2, -0.15) is 5.10 Å². The molecule has 36 heavy (non-hydrogen) atoms. The molecule has 184 valence electrons. The van der Waals surface area contributed by atoms with Gasteiger partial charge in [-0.15, -0.1) is 0 Å². The minimum Gasteiger partial charge on any atom is -0.300 e. The minimum atomic E-state index is -0.314. The Labute approximate surface area is 225 Å². The summed E-state index contributed by atoms with van der Waals surface area (Å²) in [5.74, 6) is -0.314. The van der Waals surface area contributed by atoms with Crippen LogP contribution in [0.2, 0.25) is 15.2 Å². The highest BCUT2D eigenvalue weighted by atomic mass is 35.5. The standard InChI is InChI=1S/C28H25Cl3N4O/c29-21-5-3-19(4-6-21)2-1-13-35-14-10-28(11-15-35)18-25(23-8-7-22(30)17-24(23)28)33-34-27(36)20-9-12-32-26(31)16-20/h1-9,12,16-17H,10-11,13-15,18H2,(H,34,36)/b2-1+,33-25+. The van der Waals surface area contributed by atoms with Crippen molar-refractivity contribution in [1.29, 1.82) is 0 Å². The number of hydrogen-bond donors (Lipinski definition) is 1. The molecule has 2 heterocycles.